The van der Waals surface area contributed by atoms with E-state index in [1.807, 2.05) is 18.0 Å². The molecule has 0 spiro atoms. The predicted molar refractivity (Wildman–Crippen MR) is 78.6 cm³/mol. The highest BCUT2D eigenvalue weighted by Crippen LogP contribution is 2.18. The third-order valence-corrected chi connectivity index (χ3v) is 4.33. The Labute approximate surface area is 114 Å². The molecule has 1 aromatic rings. The van der Waals surface area contributed by atoms with Gasteiger partial charge in [0, 0.05) is 30.8 Å². The number of hydrogen-bond acceptors (Lipinski definition) is 4. The van der Waals surface area contributed by atoms with Gasteiger partial charge in [-0.3, -0.25) is 9.88 Å². The Bertz CT molecular complexity index is 351. The Kier molecular flexibility index (Phi) is 5.97. The van der Waals surface area contributed by atoms with Crippen molar-refractivity contribution in [3.63, 3.8) is 0 Å². The molecule has 0 aromatic carbocycles. The summed E-state index contributed by atoms with van der Waals surface area (Å²) in [6.07, 6.45) is 5.98. The minimum atomic E-state index is 0.749. The summed E-state index contributed by atoms with van der Waals surface area (Å²) in [5.41, 5.74) is 8.16. The summed E-state index contributed by atoms with van der Waals surface area (Å²) in [6.45, 7) is 4.29. The summed E-state index contributed by atoms with van der Waals surface area (Å²) in [4.78, 5) is 7.08. The molecule has 4 heteroatoms. The van der Waals surface area contributed by atoms with Gasteiger partial charge in [0.15, 0.2) is 0 Å². The van der Waals surface area contributed by atoms with E-state index in [0.29, 0.717) is 0 Å². The first-order valence-corrected chi connectivity index (χ1v) is 7.98. The molecule has 2 N–H and O–H groups in total. The van der Waals surface area contributed by atoms with Crippen LogP contribution in [0.1, 0.15) is 30.5 Å². The quantitative estimate of drug-likeness (QED) is 0.801. The lowest BCUT2D eigenvalue weighted by molar-refractivity contribution is 0.220. The molecule has 1 aromatic heterocycles. The van der Waals surface area contributed by atoms with Crippen molar-refractivity contribution in [3.8, 4) is 0 Å². The van der Waals surface area contributed by atoms with Gasteiger partial charge in [-0.15, -0.1) is 0 Å². The second-order valence-corrected chi connectivity index (χ2v) is 5.89. The Morgan fingerprint density at radius 3 is 2.89 bits per heavy atom. The van der Waals surface area contributed by atoms with Gasteiger partial charge in [-0.1, -0.05) is 12.5 Å². The summed E-state index contributed by atoms with van der Waals surface area (Å²) in [7, 11) is 0. The Morgan fingerprint density at radius 1 is 1.28 bits per heavy atom. The normalized spacial score (nSPS) is 16.9. The number of aromatic nitrogens is 1. The number of pyridine rings is 1. The molecule has 0 atom stereocenters. The van der Waals surface area contributed by atoms with Crippen molar-refractivity contribution in [2.45, 2.75) is 31.6 Å². The van der Waals surface area contributed by atoms with Crippen LogP contribution in [0.3, 0.4) is 0 Å². The molecule has 1 aliphatic rings. The van der Waals surface area contributed by atoms with Gasteiger partial charge < -0.3 is 5.73 Å². The highest BCUT2D eigenvalue weighted by Gasteiger charge is 2.12. The van der Waals surface area contributed by atoms with Crippen molar-refractivity contribution in [3.05, 3.63) is 29.6 Å². The number of thioether (sulfide) groups is 1. The highest BCUT2D eigenvalue weighted by molar-refractivity contribution is 7.98. The van der Waals surface area contributed by atoms with Crippen LogP contribution in [0.15, 0.2) is 18.3 Å². The average Bonchev–Trinajstić information content (AvgIpc) is 2.42. The van der Waals surface area contributed by atoms with Gasteiger partial charge in [-0.25, -0.2) is 0 Å². The van der Waals surface area contributed by atoms with E-state index in [1.54, 1.807) is 0 Å². The first-order chi connectivity index (χ1) is 8.90. The van der Waals surface area contributed by atoms with Crippen LogP contribution < -0.4 is 5.73 Å². The summed E-state index contributed by atoms with van der Waals surface area (Å²) >= 11 is 1.88. The minimum absolute atomic E-state index is 0.749. The zero-order valence-corrected chi connectivity index (χ0v) is 11.8. The van der Waals surface area contributed by atoms with Crippen molar-refractivity contribution in [2.24, 2.45) is 5.73 Å². The molecule has 2 heterocycles. The molecule has 2 rings (SSSR count). The summed E-state index contributed by atoms with van der Waals surface area (Å²) in [6, 6.07) is 4.27. The Balaban J connectivity index is 1.93. The topological polar surface area (TPSA) is 42.1 Å². The van der Waals surface area contributed by atoms with Gasteiger partial charge in [-0.05, 0) is 37.6 Å². The van der Waals surface area contributed by atoms with Gasteiger partial charge >= 0.3 is 0 Å². The highest BCUT2D eigenvalue weighted by atomic mass is 32.2. The third kappa shape index (κ3) is 4.26. The van der Waals surface area contributed by atoms with Crippen LogP contribution in [0, 0.1) is 0 Å². The van der Waals surface area contributed by atoms with Crippen LogP contribution >= 0.6 is 11.8 Å². The van der Waals surface area contributed by atoms with Crippen molar-refractivity contribution in [1.82, 2.24) is 9.88 Å². The molecule has 100 valence electrons. The lowest BCUT2D eigenvalue weighted by Gasteiger charge is -2.27. The number of piperidine rings is 1. The molecule has 1 aliphatic heterocycles. The molecule has 0 bridgehead atoms. The summed E-state index contributed by atoms with van der Waals surface area (Å²) in [5.74, 6) is 2.00. The average molecular weight is 265 g/mol. The molecule has 0 aliphatic carbocycles. The summed E-state index contributed by atoms with van der Waals surface area (Å²) < 4.78 is 0. The van der Waals surface area contributed by atoms with Gasteiger partial charge in [0.2, 0.25) is 0 Å². The van der Waals surface area contributed by atoms with E-state index in [-0.39, 0.29) is 0 Å². The SMILES string of the molecule is NCCSCc1ncccc1CN1CCCCC1. The second-order valence-electron chi connectivity index (χ2n) is 4.79. The molecular weight excluding hydrogens is 242 g/mol. The minimum Gasteiger partial charge on any atom is -0.330 e. The van der Waals surface area contributed by atoms with Crippen LogP contribution in [0.2, 0.25) is 0 Å². The van der Waals surface area contributed by atoms with Crippen LogP contribution in [0.25, 0.3) is 0 Å². The number of likely N-dealkylation sites (tertiary alicyclic amines) is 1. The molecule has 0 radical (unpaired) electrons. The van der Waals surface area contributed by atoms with Gasteiger partial charge in [-0.2, -0.15) is 11.8 Å². The van der Waals surface area contributed by atoms with Crippen LogP contribution in [0.5, 0.6) is 0 Å². The maximum Gasteiger partial charge on any atom is 0.0547 e. The molecule has 1 fully saturated rings. The number of nitrogens with zero attached hydrogens (tertiary/aromatic N) is 2. The Morgan fingerprint density at radius 2 is 2.11 bits per heavy atom. The first kappa shape index (κ1) is 13.8. The monoisotopic (exact) mass is 265 g/mol. The number of nitrogens with two attached hydrogens (primary N) is 1. The predicted octanol–water partition coefficient (Wildman–Crippen LogP) is 2.26. The molecule has 0 saturated carbocycles. The third-order valence-electron chi connectivity index (χ3n) is 3.33. The molecule has 1 saturated heterocycles. The lowest BCUT2D eigenvalue weighted by Crippen LogP contribution is -2.29. The fraction of sp³-hybridized carbons (Fsp3) is 0.643. The zero-order valence-electron chi connectivity index (χ0n) is 11.0. The maximum atomic E-state index is 5.53. The molecular formula is C14H23N3S. The first-order valence-electron chi connectivity index (χ1n) is 6.83. The van der Waals surface area contributed by atoms with Crippen LogP contribution in [-0.2, 0) is 12.3 Å². The Hall–Kier alpha value is -0.580. The molecule has 18 heavy (non-hydrogen) atoms. The van der Waals surface area contributed by atoms with Crippen molar-refractivity contribution in [2.75, 3.05) is 25.4 Å². The van der Waals surface area contributed by atoms with E-state index >= 15 is 0 Å². The zero-order chi connectivity index (χ0) is 12.6. The van der Waals surface area contributed by atoms with Crippen LogP contribution in [-0.4, -0.2) is 35.3 Å². The fourth-order valence-electron chi connectivity index (χ4n) is 2.36. The van der Waals surface area contributed by atoms with Crippen molar-refractivity contribution >= 4 is 11.8 Å². The standard InChI is InChI=1S/C14H23N3S/c15-6-10-18-12-14-13(5-4-7-16-14)11-17-8-2-1-3-9-17/h4-5,7H,1-3,6,8-12,15H2. The van der Waals surface area contributed by atoms with E-state index in [9.17, 15) is 0 Å². The van der Waals surface area contributed by atoms with Gasteiger partial charge in [0.1, 0.15) is 0 Å². The van der Waals surface area contributed by atoms with E-state index < -0.39 is 0 Å². The molecule has 0 amide bonds. The van der Waals surface area contributed by atoms with E-state index in [1.165, 1.54) is 43.6 Å². The van der Waals surface area contributed by atoms with Gasteiger partial charge in [0.05, 0.1) is 5.69 Å². The maximum absolute atomic E-state index is 5.53. The van der Waals surface area contributed by atoms with Gasteiger partial charge in [0.25, 0.3) is 0 Å². The molecule has 0 unspecified atom stereocenters. The second kappa shape index (κ2) is 7.77. The number of rotatable bonds is 6. The largest absolute Gasteiger partial charge is 0.330 e. The van der Waals surface area contributed by atoms with E-state index in [2.05, 4.69) is 22.0 Å². The van der Waals surface area contributed by atoms with E-state index in [4.69, 9.17) is 5.73 Å². The molecule has 3 nitrogen and oxygen atoms in total. The number of hydrogen-bond donors (Lipinski definition) is 1. The van der Waals surface area contributed by atoms with Crippen molar-refractivity contribution < 1.29 is 0 Å². The van der Waals surface area contributed by atoms with Crippen molar-refractivity contribution in [1.29, 1.82) is 0 Å². The summed E-state index contributed by atoms with van der Waals surface area (Å²) in [5, 5.41) is 0. The smallest absolute Gasteiger partial charge is 0.0547 e. The van der Waals surface area contributed by atoms with Crippen LogP contribution in [0.4, 0.5) is 0 Å². The fourth-order valence-corrected chi connectivity index (χ4v) is 3.12. The van der Waals surface area contributed by atoms with E-state index in [0.717, 1.165) is 24.6 Å². The lowest BCUT2D eigenvalue weighted by atomic mass is 10.1.